The van der Waals surface area contributed by atoms with Gasteiger partial charge >= 0.3 is 5.97 Å². The minimum atomic E-state index is -0.649. The highest BCUT2D eigenvalue weighted by Crippen LogP contribution is 2.10. The fourth-order valence-corrected chi connectivity index (χ4v) is 0.686. The van der Waals surface area contributed by atoms with E-state index in [9.17, 15) is 4.79 Å². The molecule has 4 nitrogen and oxygen atoms in total. The zero-order chi connectivity index (χ0) is 9.78. The summed E-state index contributed by atoms with van der Waals surface area (Å²) in [6.07, 6.45) is -0.130. The number of ether oxygens (including phenoxy) is 1. The third kappa shape index (κ3) is 4.31. The third-order valence-electron chi connectivity index (χ3n) is 1.20. The minimum absolute atomic E-state index is 0.410. The molecule has 4 heteroatoms. The van der Waals surface area contributed by atoms with Crippen LogP contribution in [0.4, 0.5) is 0 Å². The van der Waals surface area contributed by atoms with Gasteiger partial charge in [-0.15, -0.1) is 0 Å². The van der Waals surface area contributed by atoms with Crippen LogP contribution in [0.2, 0.25) is 0 Å². The first-order valence-corrected chi connectivity index (χ1v) is 3.99. The second-order valence-electron chi connectivity index (χ2n) is 3.57. The van der Waals surface area contributed by atoms with E-state index in [0.29, 0.717) is 6.42 Å². The van der Waals surface area contributed by atoms with Crippen LogP contribution in [0.25, 0.3) is 0 Å². The van der Waals surface area contributed by atoms with Crippen molar-refractivity contribution in [2.24, 2.45) is 5.90 Å². The Morgan fingerprint density at radius 2 is 2.00 bits per heavy atom. The molecule has 0 saturated heterocycles. The molecule has 72 valence electrons. The second kappa shape index (κ2) is 4.42. The Balaban J connectivity index is 4.02. The molecular formula is C8H17NO3. The van der Waals surface area contributed by atoms with Crippen LogP contribution in [-0.4, -0.2) is 17.7 Å². The van der Waals surface area contributed by atoms with Gasteiger partial charge in [0.05, 0.1) is 0 Å². The van der Waals surface area contributed by atoms with E-state index in [1.165, 1.54) is 0 Å². The average molecular weight is 175 g/mol. The van der Waals surface area contributed by atoms with Crippen LogP contribution in [0.5, 0.6) is 0 Å². The molecule has 2 N–H and O–H groups in total. The fourth-order valence-electron chi connectivity index (χ4n) is 0.686. The van der Waals surface area contributed by atoms with E-state index in [1.54, 1.807) is 27.7 Å². The SMILES string of the molecule is CCC(ON)C(=O)OC(C)(C)C. The van der Waals surface area contributed by atoms with E-state index in [1.807, 2.05) is 0 Å². The molecule has 1 unspecified atom stereocenters. The average Bonchev–Trinajstić information content (AvgIpc) is 1.85. The zero-order valence-electron chi connectivity index (χ0n) is 8.09. The van der Waals surface area contributed by atoms with E-state index in [-0.39, 0.29) is 0 Å². The number of hydrogen-bond donors (Lipinski definition) is 1. The summed E-state index contributed by atoms with van der Waals surface area (Å²) in [5.74, 6) is 4.49. The smallest absolute Gasteiger partial charge is 0.337 e. The van der Waals surface area contributed by atoms with Crippen LogP contribution in [0.15, 0.2) is 0 Å². The molecule has 0 rings (SSSR count). The highest BCUT2D eigenvalue weighted by molar-refractivity contribution is 5.74. The lowest BCUT2D eigenvalue weighted by molar-refractivity contribution is -0.169. The second-order valence-corrected chi connectivity index (χ2v) is 3.57. The van der Waals surface area contributed by atoms with Gasteiger partial charge in [-0.2, -0.15) is 0 Å². The molecule has 0 radical (unpaired) electrons. The largest absolute Gasteiger partial charge is 0.458 e. The normalized spacial score (nSPS) is 14.1. The summed E-state index contributed by atoms with van der Waals surface area (Å²) >= 11 is 0. The Morgan fingerprint density at radius 1 is 1.50 bits per heavy atom. The Bertz CT molecular complexity index is 147. The Hall–Kier alpha value is -0.610. The fraction of sp³-hybridized carbons (Fsp3) is 0.875. The van der Waals surface area contributed by atoms with E-state index in [2.05, 4.69) is 4.84 Å². The maximum Gasteiger partial charge on any atom is 0.337 e. The quantitative estimate of drug-likeness (QED) is 0.513. The molecule has 0 heterocycles. The summed E-state index contributed by atoms with van der Waals surface area (Å²) in [7, 11) is 0. The molecule has 0 aromatic rings. The van der Waals surface area contributed by atoms with E-state index >= 15 is 0 Å². The number of esters is 1. The summed E-state index contributed by atoms with van der Waals surface area (Å²) in [5.41, 5.74) is -0.483. The van der Waals surface area contributed by atoms with Crippen LogP contribution in [0.3, 0.4) is 0 Å². The van der Waals surface area contributed by atoms with Crippen LogP contribution in [-0.2, 0) is 14.4 Å². The predicted molar refractivity (Wildman–Crippen MR) is 45.2 cm³/mol. The minimum Gasteiger partial charge on any atom is -0.458 e. The van der Waals surface area contributed by atoms with Crippen molar-refractivity contribution in [1.29, 1.82) is 0 Å². The number of rotatable bonds is 3. The van der Waals surface area contributed by atoms with Crippen molar-refractivity contribution < 1.29 is 14.4 Å². The van der Waals surface area contributed by atoms with Gasteiger partial charge in [-0.05, 0) is 27.2 Å². The van der Waals surface area contributed by atoms with Crippen LogP contribution in [0.1, 0.15) is 34.1 Å². The molecule has 0 aliphatic rings. The molecule has 0 aromatic carbocycles. The molecule has 0 aromatic heterocycles. The van der Waals surface area contributed by atoms with Gasteiger partial charge in [-0.25, -0.2) is 10.7 Å². The first kappa shape index (κ1) is 11.4. The lowest BCUT2D eigenvalue weighted by atomic mass is 10.2. The highest BCUT2D eigenvalue weighted by atomic mass is 16.7. The summed E-state index contributed by atoms with van der Waals surface area (Å²) in [6, 6.07) is 0. The first-order chi connectivity index (χ1) is 5.40. The number of carbonyl (C=O) groups is 1. The van der Waals surface area contributed by atoms with Crippen molar-refractivity contribution in [1.82, 2.24) is 0 Å². The van der Waals surface area contributed by atoms with Crippen molar-refractivity contribution in [3.05, 3.63) is 0 Å². The number of hydrogen-bond acceptors (Lipinski definition) is 4. The number of carbonyl (C=O) groups excluding carboxylic acids is 1. The Kier molecular flexibility index (Phi) is 4.20. The molecule has 12 heavy (non-hydrogen) atoms. The van der Waals surface area contributed by atoms with Crippen LogP contribution >= 0.6 is 0 Å². The molecule has 0 spiro atoms. The molecule has 0 saturated carbocycles. The summed E-state index contributed by atoms with van der Waals surface area (Å²) in [5, 5.41) is 0. The third-order valence-corrected chi connectivity index (χ3v) is 1.20. The van der Waals surface area contributed by atoms with Crippen molar-refractivity contribution in [2.75, 3.05) is 0 Å². The van der Waals surface area contributed by atoms with Crippen LogP contribution < -0.4 is 5.90 Å². The molecular weight excluding hydrogens is 158 g/mol. The van der Waals surface area contributed by atoms with Gasteiger partial charge in [0.2, 0.25) is 0 Å². The van der Waals surface area contributed by atoms with Gasteiger partial charge < -0.3 is 4.74 Å². The van der Waals surface area contributed by atoms with E-state index in [4.69, 9.17) is 10.6 Å². The number of nitrogens with two attached hydrogens (primary N) is 1. The van der Waals surface area contributed by atoms with Crippen molar-refractivity contribution >= 4 is 5.97 Å². The summed E-state index contributed by atoms with van der Waals surface area (Å²) < 4.78 is 5.04. The van der Waals surface area contributed by atoms with Gasteiger partial charge in [0.1, 0.15) is 5.60 Å². The zero-order valence-corrected chi connectivity index (χ0v) is 8.09. The van der Waals surface area contributed by atoms with Crippen molar-refractivity contribution in [3.63, 3.8) is 0 Å². The molecule has 1 atom stereocenters. The van der Waals surface area contributed by atoms with Crippen molar-refractivity contribution in [3.8, 4) is 0 Å². The van der Waals surface area contributed by atoms with Gasteiger partial charge in [0.15, 0.2) is 6.10 Å². The molecule has 0 bridgehead atoms. The van der Waals surface area contributed by atoms with E-state index < -0.39 is 17.7 Å². The molecule has 0 fully saturated rings. The Morgan fingerprint density at radius 3 is 2.25 bits per heavy atom. The standard InChI is InChI=1S/C8H17NO3/c1-5-6(12-9)7(10)11-8(2,3)4/h6H,5,9H2,1-4H3. The van der Waals surface area contributed by atoms with Gasteiger partial charge in [-0.3, -0.25) is 4.84 Å². The lowest BCUT2D eigenvalue weighted by Crippen LogP contribution is -2.34. The molecule has 0 amide bonds. The summed E-state index contributed by atoms with van der Waals surface area (Å²) in [4.78, 5) is 15.6. The van der Waals surface area contributed by atoms with Crippen molar-refractivity contribution in [2.45, 2.75) is 45.8 Å². The highest BCUT2D eigenvalue weighted by Gasteiger charge is 2.23. The van der Waals surface area contributed by atoms with Gasteiger partial charge in [0.25, 0.3) is 0 Å². The van der Waals surface area contributed by atoms with Gasteiger partial charge in [0, 0.05) is 0 Å². The predicted octanol–water partition coefficient (Wildman–Crippen LogP) is 0.997. The molecule has 0 aliphatic carbocycles. The Labute approximate surface area is 73.0 Å². The monoisotopic (exact) mass is 175 g/mol. The van der Waals surface area contributed by atoms with Crippen LogP contribution in [0, 0.1) is 0 Å². The molecule has 0 aliphatic heterocycles. The lowest BCUT2D eigenvalue weighted by Gasteiger charge is -2.22. The van der Waals surface area contributed by atoms with Gasteiger partial charge in [-0.1, -0.05) is 6.92 Å². The maximum atomic E-state index is 11.2. The topological polar surface area (TPSA) is 61.5 Å². The van der Waals surface area contributed by atoms with E-state index in [0.717, 1.165) is 0 Å². The first-order valence-electron chi connectivity index (χ1n) is 3.99. The summed E-state index contributed by atoms with van der Waals surface area (Å²) in [6.45, 7) is 7.21. The maximum absolute atomic E-state index is 11.2.